The van der Waals surface area contributed by atoms with Crippen LogP contribution in [-0.4, -0.2) is 54.0 Å². The summed E-state index contributed by atoms with van der Waals surface area (Å²) in [6, 6.07) is 10.0. The fraction of sp³-hybridized carbons (Fsp3) is 0.455. The van der Waals surface area contributed by atoms with Crippen molar-refractivity contribution in [2.24, 2.45) is 0 Å². The number of benzene rings is 1. The molecule has 0 radical (unpaired) electrons. The van der Waals surface area contributed by atoms with Crippen LogP contribution in [0.5, 0.6) is 0 Å². The number of carbonyl (C=O) groups is 1. The summed E-state index contributed by atoms with van der Waals surface area (Å²) in [5, 5.41) is 3.20. The van der Waals surface area contributed by atoms with Gasteiger partial charge in [0.1, 0.15) is 0 Å². The number of rotatable bonds is 6. The van der Waals surface area contributed by atoms with E-state index in [9.17, 15) is 4.79 Å². The minimum atomic E-state index is -0.209. The summed E-state index contributed by atoms with van der Waals surface area (Å²) in [4.78, 5) is 21.3. The van der Waals surface area contributed by atoms with Crippen LogP contribution in [0.15, 0.2) is 42.7 Å². The summed E-state index contributed by atoms with van der Waals surface area (Å²) in [7, 11) is 1.87. The van der Waals surface area contributed by atoms with Gasteiger partial charge in [-0.2, -0.15) is 0 Å². The van der Waals surface area contributed by atoms with Crippen LogP contribution in [0.2, 0.25) is 0 Å². The van der Waals surface area contributed by atoms with Crippen LogP contribution in [0.4, 0.5) is 4.79 Å². The fourth-order valence-corrected chi connectivity index (χ4v) is 3.48. The van der Waals surface area contributed by atoms with Crippen LogP contribution < -0.4 is 5.32 Å². The van der Waals surface area contributed by atoms with Gasteiger partial charge in [0.2, 0.25) is 0 Å². The van der Waals surface area contributed by atoms with Crippen molar-refractivity contribution < 1.29 is 4.79 Å². The molecular weight excluding hydrogens is 336 g/mol. The zero-order chi connectivity index (χ0) is 19.2. The molecular formula is C22H30N4O. The molecule has 1 aliphatic heterocycles. The second-order valence-electron chi connectivity index (χ2n) is 7.48. The number of aryl methyl sites for hydroxylation is 2. The van der Waals surface area contributed by atoms with Gasteiger partial charge in [-0.15, -0.1) is 0 Å². The summed E-state index contributed by atoms with van der Waals surface area (Å²) < 4.78 is 0. The van der Waals surface area contributed by atoms with Gasteiger partial charge in [-0.1, -0.05) is 24.3 Å². The number of nitrogens with one attached hydrogen (secondary N) is 1. The maximum atomic E-state index is 12.8. The maximum Gasteiger partial charge on any atom is 0.317 e. The highest BCUT2D eigenvalue weighted by Crippen LogP contribution is 2.24. The molecule has 3 rings (SSSR count). The summed E-state index contributed by atoms with van der Waals surface area (Å²) >= 11 is 0. The van der Waals surface area contributed by atoms with E-state index < -0.39 is 0 Å². The lowest BCUT2D eigenvalue weighted by atomic mass is 9.96. The lowest BCUT2D eigenvalue weighted by molar-refractivity contribution is 0.198. The molecule has 1 saturated heterocycles. The van der Waals surface area contributed by atoms with Crippen LogP contribution in [0.25, 0.3) is 0 Å². The van der Waals surface area contributed by atoms with Gasteiger partial charge in [-0.25, -0.2) is 4.79 Å². The van der Waals surface area contributed by atoms with E-state index in [1.54, 1.807) is 11.1 Å². The van der Waals surface area contributed by atoms with E-state index in [4.69, 9.17) is 0 Å². The highest BCUT2D eigenvalue weighted by atomic mass is 16.2. The summed E-state index contributed by atoms with van der Waals surface area (Å²) in [5.41, 5.74) is 4.53. The van der Waals surface area contributed by atoms with Crippen molar-refractivity contribution >= 4 is 6.03 Å². The van der Waals surface area contributed by atoms with Gasteiger partial charge in [0, 0.05) is 32.5 Å². The zero-order valence-electron chi connectivity index (χ0n) is 16.6. The highest BCUT2D eigenvalue weighted by molar-refractivity contribution is 5.75. The molecule has 27 heavy (non-hydrogen) atoms. The van der Waals surface area contributed by atoms with Gasteiger partial charge in [-0.3, -0.25) is 4.98 Å². The molecule has 1 N–H and O–H groups in total. The molecule has 1 aliphatic rings. The number of nitrogens with zero attached hydrogens (tertiary/aromatic N) is 3. The molecule has 144 valence electrons. The van der Waals surface area contributed by atoms with Crippen molar-refractivity contribution in [1.29, 1.82) is 0 Å². The van der Waals surface area contributed by atoms with Crippen LogP contribution in [0, 0.1) is 13.8 Å². The lowest BCUT2D eigenvalue weighted by Gasteiger charge is -2.26. The Kier molecular flexibility index (Phi) is 6.45. The maximum absolute atomic E-state index is 12.8. The summed E-state index contributed by atoms with van der Waals surface area (Å²) in [6.07, 6.45) is 6.12. The Balaban J connectivity index is 1.72. The standard InChI is InChI=1S/C22H30N4O/c1-17-8-9-19(15-18(17)2)21(20-7-6-10-23-16-20)24-22(27)25(3)13-14-26-11-4-5-12-26/h6-10,15-16,21H,4-5,11-14H2,1-3H3,(H,24,27)/t21-/m1/s1. The molecule has 0 unspecified atom stereocenters. The van der Waals surface area contributed by atoms with Crippen molar-refractivity contribution in [3.05, 3.63) is 65.0 Å². The number of hydrogen-bond donors (Lipinski definition) is 1. The summed E-state index contributed by atoms with van der Waals surface area (Å²) in [6.45, 7) is 8.17. The summed E-state index contributed by atoms with van der Waals surface area (Å²) in [5.74, 6) is 0. The number of aromatic nitrogens is 1. The highest BCUT2D eigenvalue weighted by Gasteiger charge is 2.20. The second-order valence-corrected chi connectivity index (χ2v) is 7.48. The van der Waals surface area contributed by atoms with Crippen LogP contribution in [0.3, 0.4) is 0 Å². The normalized spacial score (nSPS) is 15.5. The van der Waals surface area contributed by atoms with Crippen LogP contribution in [-0.2, 0) is 0 Å². The van der Waals surface area contributed by atoms with Crippen molar-refractivity contribution in [3.63, 3.8) is 0 Å². The van der Waals surface area contributed by atoms with Crippen molar-refractivity contribution in [2.75, 3.05) is 33.2 Å². The Labute approximate surface area is 162 Å². The van der Waals surface area contributed by atoms with Gasteiger partial charge >= 0.3 is 6.03 Å². The topological polar surface area (TPSA) is 48.5 Å². The van der Waals surface area contributed by atoms with Gasteiger partial charge in [0.15, 0.2) is 0 Å². The molecule has 2 aromatic rings. The SMILES string of the molecule is Cc1ccc([C@@H](NC(=O)N(C)CCN2CCCC2)c2cccnc2)cc1C. The molecule has 2 amide bonds. The minimum absolute atomic E-state index is 0.0544. The van der Waals surface area contributed by atoms with Gasteiger partial charge in [0.25, 0.3) is 0 Å². The lowest BCUT2D eigenvalue weighted by Crippen LogP contribution is -2.42. The van der Waals surface area contributed by atoms with E-state index in [0.717, 1.165) is 37.3 Å². The van der Waals surface area contributed by atoms with Crippen molar-refractivity contribution in [2.45, 2.75) is 32.7 Å². The second kappa shape index (κ2) is 9.00. The molecule has 0 bridgehead atoms. The van der Waals surface area contributed by atoms with E-state index >= 15 is 0 Å². The molecule has 1 atom stereocenters. The third-order valence-corrected chi connectivity index (χ3v) is 5.45. The first-order chi connectivity index (χ1) is 13.0. The average Bonchev–Trinajstić information content (AvgIpc) is 3.20. The number of hydrogen-bond acceptors (Lipinski definition) is 3. The largest absolute Gasteiger partial charge is 0.327 e. The number of carbonyl (C=O) groups excluding carboxylic acids is 1. The number of amides is 2. The van der Waals surface area contributed by atoms with Gasteiger partial charge < -0.3 is 15.1 Å². The minimum Gasteiger partial charge on any atom is -0.327 e. The van der Waals surface area contributed by atoms with E-state index in [1.807, 2.05) is 25.4 Å². The van der Waals surface area contributed by atoms with Crippen LogP contribution in [0.1, 0.15) is 41.1 Å². The molecule has 5 nitrogen and oxygen atoms in total. The molecule has 0 saturated carbocycles. The van der Waals surface area contributed by atoms with E-state index in [1.165, 1.54) is 24.0 Å². The average molecular weight is 367 g/mol. The van der Waals surface area contributed by atoms with E-state index in [-0.39, 0.29) is 12.1 Å². The molecule has 5 heteroatoms. The first-order valence-corrected chi connectivity index (χ1v) is 9.75. The zero-order valence-corrected chi connectivity index (χ0v) is 16.6. The molecule has 0 spiro atoms. The Bertz CT molecular complexity index is 756. The van der Waals surface area contributed by atoms with E-state index in [0.29, 0.717) is 0 Å². The first-order valence-electron chi connectivity index (χ1n) is 9.75. The number of urea groups is 1. The van der Waals surface area contributed by atoms with Crippen molar-refractivity contribution in [3.8, 4) is 0 Å². The molecule has 1 aromatic carbocycles. The Morgan fingerprint density at radius 1 is 1.19 bits per heavy atom. The first kappa shape index (κ1) is 19.4. The van der Waals surface area contributed by atoms with Crippen molar-refractivity contribution in [1.82, 2.24) is 20.1 Å². The van der Waals surface area contributed by atoms with Gasteiger partial charge in [0.05, 0.1) is 6.04 Å². The fourth-order valence-electron chi connectivity index (χ4n) is 3.48. The molecule has 2 heterocycles. The third-order valence-electron chi connectivity index (χ3n) is 5.45. The Morgan fingerprint density at radius 2 is 1.96 bits per heavy atom. The van der Waals surface area contributed by atoms with Gasteiger partial charge in [-0.05, 0) is 68.1 Å². The van der Waals surface area contributed by atoms with E-state index in [2.05, 4.69) is 47.2 Å². The third kappa shape index (κ3) is 5.07. The predicted molar refractivity (Wildman–Crippen MR) is 109 cm³/mol. The monoisotopic (exact) mass is 366 g/mol. The number of likely N-dealkylation sites (tertiary alicyclic amines) is 1. The molecule has 0 aliphatic carbocycles. The smallest absolute Gasteiger partial charge is 0.317 e. The predicted octanol–water partition coefficient (Wildman–Crippen LogP) is 3.53. The number of likely N-dealkylation sites (N-methyl/N-ethyl adjacent to an activating group) is 1. The quantitative estimate of drug-likeness (QED) is 0.851. The van der Waals surface area contributed by atoms with Crippen LogP contribution >= 0.6 is 0 Å². The molecule has 1 fully saturated rings. The Hall–Kier alpha value is -2.40. The molecule has 1 aromatic heterocycles. The Morgan fingerprint density at radius 3 is 2.63 bits per heavy atom. The number of pyridine rings is 1.